The number of amides is 1. The van der Waals surface area contributed by atoms with Crippen molar-refractivity contribution >= 4 is 38.4 Å². The van der Waals surface area contributed by atoms with Crippen LogP contribution in [0.4, 0.5) is 11.4 Å². The lowest BCUT2D eigenvalue weighted by Gasteiger charge is -2.10. The van der Waals surface area contributed by atoms with E-state index in [1.165, 1.54) is 25.3 Å². The van der Waals surface area contributed by atoms with Crippen molar-refractivity contribution in [2.45, 2.75) is 18.2 Å². The Morgan fingerprint density at radius 2 is 1.78 bits per heavy atom. The largest absolute Gasteiger partial charge is 0.497 e. The molecule has 0 radical (unpaired) electrons. The van der Waals surface area contributed by atoms with Crippen LogP contribution in [-0.2, 0) is 16.4 Å². The number of nitrogens with one attached hydrogen (secondary N) is 2. The normalized spacial score (nSPS) is 11.3. The number of nitrogens with zero attached hydrogens (tertiary/aromatic N) is 1. The van der Waals surface area contributed by atoms with E-state index in [9.17, 15) is 13.2 Å². The van der Waals surface area contributed by atoms with E-state index >= 15 is 0 Å². The third-order valence-corrected chi connectivity index (χ3v) is 6.12. The van der Waals surface area contributed by atoms with E-state index in [4.69, 9.17) is 9.15 Å². The second-order valence-electron chi connectivity index (χ2n) is 6.96. The maximum Gasteiger partial charge on any atom is 0.261 e. The fourth-order valence-corrected chi connectivity index (χ4v) is 4.19. The van der Waals surface area contributed by atoms with Gasteiger partial charge in [0.15, 0.2) is 11.5 Å². The summed E-state index contributed by atoms with van der Waals surface area (Å²) in [5, 5.41) is 2.77. The summed E-state index contributed by atoms with van der Waals surface area (Å²) in [5.74, 6) is 0.789. The van der Waals surface area contributed by atoms with E-state index in [0.717, 1.165) is 0 Å². The van der Waals surface area contributed by atoms with Crippen LogP contribution in [0.5, 0.6) is 5.75 Å². The number of ether oxygens (including phenoxy) is 1. The average Bonchev–Trinajstić information content (AvgIpc) is 3.22. The van der Waals surface area contributed by atoms with Crippen LogP contribution in [0.15, 0.2) is 76.0 Å². The van der Waals surface area contributed by atoms with Crippen molar-refractivity contribution in [1.82, 2.24) is 4.98 Å². The fourth-order valence-electron chi connectivity index (χ4n) is 3.09. The third kappa shape index (κ3) is 4.57. The summed E-state index contributed by atoms with van der Waals surface area (Å²) in [7, 11) is -2.35. The molecule has 3 aromatic carbocycles. The van der Waals surface area contributed by atoms with Crippen LogP contribution in [0, 0.1) is 0 Å². The SMILES string of the molecule is CCc1nc2cc(NC(=O)c3cccc(S(=O)(=O)Nc4ccc(OC)cc4)c3)ccc2o1. The minimum atomic E-state index is -3.88. The van der Waals surface area contributed by atoms with E-state index in [2.05, 4.69) is 15.0 Å². The lowest BCUT2D eigenvalue weighted by atomic mass is 10.2. The number of oxazole rings is 1. The Morgan fingerprint density at radius 3 is 2.50 bits per heavy atom. The van der Waals surface area contributed by atoms with Gasteiger partial charge in [0.1, 0.15) is 11.3 Å². The van der Waals surface area contributed by atoms with Crippen LogP contribution < -0.4 is 14.8 Å². The van der Waals surface area contributed by atoms with Crippen molar-refractivity contribution in [2.75, 3.05) is 17.1 Å². The number of hydrogen-bond donors (Lipinski definition) is 2. The summed E-state index contributed by atoms with van der Waals surface area (Å²) in [6.45, 7) is 1.94. The highest BCUT2D eigenvalue weighted by molar-refractivity contribution is 7.92. The quantitative estimate of drug-likeness (QED) is 0.429. The molecule has 164 valence electrons. The number of carbonyl (C=O) groups excluding carboxylic acids is 1. The van der Waals surface area contributed by atoms with Gasteiger partial charge < -0.3 is 14.5 Å². The zero-order chi connectivity index (χ0) is 22.7. The highest BCUT2D eigenvalue weighted by Crippen LogP contribution is 2.22. The first-order valence-corrected chi connectivity index (χ1v) is 11.3. The van der Waals surface area contributed by atoms with Crippen molar-refractivity contribution in [3.8, 4) is 5.75 Å². The summed E-state index contributed by atoms with van der Waals surface area (Å²) in [5.41, 5.74) is 2.39. The van der Waals surface area contributed by atoms with Crippen LogP contribution in [0.3, 0.4) is 0 Å². The Bertz CT molecular complexity index is 1380. The summed E-state index contributed by atoms with van der Waals surface area (Å²) in [6, 6.07) is 17.5. The molecule has 4 aromatic rings. The molecule has 1 amide bonds. The van der Waals surface area contributed by atoms with Gasteiger partial charge in [0.2, 0.25) is 0 Å². The predicted octanol–water partition coefficient (Wildman–Crippen LogP) is 4.45. The van der Waals surface area contributed by atoms with Crippen LogP contribution in [-0.4, -0.2) is 26.4 Å². The number of methoxy groups -OCH3 is 1. The Morgan fingerprint density at radius 1 is 1.03 bits per heavy atom. The molecule has 0 bridgehead atoms. The van der Waals surface area contributed by atoms with Crippen LogP contribution >= 0.6 is 0 Å². The first-order valence-electron chi connectivity index (χ1n) is 9.85. The molecule has 0 atom stereocenters. The summed E-state index contributed by atoms with van der Waals surface area (Å²) < 4.78 is 38.7. The van der Waals surface area contributed by atoms with Crippen LogP contribution in [0.1, 0.15) is 23.2 Å². The number of fused-ring (bicyclic) bond motifs is 1. The van der Waals surface area contributed by atoms with E-state index < -0.39 is 15.9 Å². The van der Waals surface area contributed by atoms with Crippen LogP contribution in [0.2, 0.25) is 0 Å². The maximum atomic E-state index is 12.8. The molecule has 0 aliphatic carbocycles. The van der Waals surface area contributed by atoms with Crippen molar-refractivity contribution in [3.63, 3.8) is 0 Å². The minimum absolute atomic E-state index is 0.0273. The number of hydrogen-bond acceptors (Lipinski definition) is 6. The molecule has 0 spiro atoms. The molecule has 32 heavy (non-hydrogen) atoms. The molecule has 0 saturated heterocycles. The van der Waals surface area contributed by atoms with Gasteiger partial charge in [0.05, 0.1) is 12.0 Å². The second kappa shape index (κ2) is 8.72. The Balaban J connectivity index is 1.52. The molecular weight excluding hydrogens is 430 g/mol. The molecule has 8 nitrogen and oxygen atoms in total. The molecule has 9 heteroatoms. The highest BCUT2D eigenvalue weighted by Gasteiger charge is 2.17. The van der Waals surface area contributed by atoms with Gasteiger partial charge in [-0.15, -0.1) is 0 Å². The smallest absolute Gasteiger partial charge is 0.261 e. The van der Waals surface area contributed by atoms with E-state index in [0.29, 0.717) is 40.5 Å². The molecule has 0 saturated carbocycles. The minimum Gasteiger partial charge on any atom is -0.497 e. The summed E-state index contributed by atoms with van der Waals surface area (Å²) in [6.07, 6.45) is 0.669. The standard InChI is InChI=1S/C23H21N3O5S/c1-3-22-25-20-14-17(9-12-21(20)31-22)24-23(27)15-5-4-6-19(13-15)32(28,29)26-16-7-10-18(30-2)11-8-16/h4-14,26H,3H2,1-2H3,(H,24,27). The van der Waals surface area contributed by atoms with E-state index in [1.54, 1.807) is 48.5 Å². The van der Waals surface area contributed by atoms with Crippen LogP contribution in [0.25, 0.3) is 11.1 Å². The number of aromatic nitrogens is 1. The number of aryl methyl sites for hydroxylation is 1. The summed E-state index contributed by atoms with van der Waals surface area (Å²) >= 11 is 0. The maximum absolute atomic E-state index is 12.8. The van der Waals surface area contributed by atoms with E-state index in [1.807, 2.05) is 6.92 Å². The van der Waals surface area contributed by atoms with Gasteiger partial charge in [-0.2, -0.15) is 0 Å². The first-order chi connectivity index (χ1) is 15.4. The average molecular weight is 452 g/mol. The molecule has 0 aliphatic heterocycles. The van der Waals surface area contributed by atoms with Crippen molar-refractivity contribution < 1.29 is 22.4 Å². The predicted molar refractivity (Wildman–Crippen MR) is 122 cm³/mol. The third-order valence-electron chi connectivity index (χ3n) is 4.74. The van der Waals surface area contributed by atoms with Gasteiger partial charge >= 0.3 is 0 Å². The van der Waals surface area contributed by atoms with Gasteiger partial charge in [0.25, 0.3) is 15.9 Å². The molecular formula is C23H21N3O5S. The van der Waals surface area contributed by atoms with E-state index in [-0.39, 0.29) is 10.5 Å². The highest BCUT2D eigenvalue weighted by atomic mass is 32.2. The lowest BCUT2D eigenvalue weighted by molar-refractivity contribution is 0.102. The topological polar surface area (TPSA) is 111 Å². The van der Waals surface area contributed by atoms with Gasteiger partial charge in [0, 0.05) is 23.4 Å². The van der Waals surface area contributed by atoms with Crippen molar-refractivity contribution in [2.24, 2.45) is 0 Å². The summed E-state index contributed by atoms with van der Waals surface area (Å²) in [4.78, 5) is 17.1. The Kier molecular flexibility index (Phi) is 5.83. The second-order valence-corrected chi connectivity index (χ2v) is 8.64. The van der Waals surface area contributed by atoms with Crippen molar-refractivity contribution in [1.29, 1.82) is 0 Å². The molecule has 1 aromatic heterocycles. The van der Waals surface area contributed by atoms with Crippen molar-refractivity contribution in [3.05, 3.63) is 78.2 Å². The lowest BCUT2D eigenvalue weighted by Crippen LogP contribution is -2.16. The van der Waals surface area contributed by atoms with Gasteiger partial charge in [-0.25, -0.2) is 13.4 Å². The monoisotopic (exact) mass is 451 g/mol. The van der Waals surface area contributed by atoms with Gasteiger partial charge in [-0.3, -0.25) is 9.52 Å². The zero-order valence-electron chi connectivity index (χ0n) is 17.5. The molecule has 1 heterocycles. The number of sulfonamides is 1. The zero-order valence-corrected chi connectivity index (χ0v) is 18.3. The molecule has 0 fully saturated rings. The number of carbonyl (C=O) groups is 1. The molecule has 2 N–H and O–H groups in total. The number of rotatable bonds is 7. The molecule has 0 aliphatic rings. The van der Waals surface area contributed by atoms with Gasteiger partial charge in [-0.1, -0.05) is 13.0 Å². The fraction of sp³-hybridized carbons (Fsp3) is 0.130. The number of anilines is 2. The Hall–Kier alpha value is -3.85. The van der Waals surface area contributed by atoms with Gasteiger partial charge in [-0.05, 0) is 60.7 Å². The molecule has 0 unspecified atom stereocenters. The number of benzene rings is 3. The molecule has 4 rings (SSSR count). The Labute approximate surface area is 185 Å². The first kappa shape index (κ1) is 21.4.